The summed E-state index contributed by atoms with van der Waals surface area (Å²) in [6.45, 7) is 0. The summed E-state index contributed by atoms with van der Waals surface area (Å²) in [6, 6.07) is 93.2. The number of nitrogens with zero attached hydrogens (tertiary/aromatic N) is 7. The van der Waals surface area contributed by atoms with Gasteiger partial charge in [0.2, 0.25) is 0 Å². The van der Waals surface area contributed by atoms with E-state index in [1.54, 1.807) is 0 Å². The first kappa shape index (κ1) is 42.2. The summed E-state index contributed by atoms with van der Waals surface area (Å²) in [7, 11) is 0. The summed E-state index contributed by atoms with van der Waals surface area (Å²) in [6.07, 6.45) is 0. The molecular formula is C69H43N7. The molecule has 0 atom stereocenters. The minimum absolute atomic E-state index is 0.581. The third-order valence-corrected chi connectivity index (χ3v) is 15.4. The minimum atomic E-state index is 0.581. The second kappa shape index (κ2) is 16.6. The van der Waals surface area contributed by atoms with Crippen LogP contribution in [0.4, 0.5) is 0 Å². The van der Waals surface area contributed by atoms with Crippen LogP contribution < -0.4 is 0 Å². The summed E-state index contributed by atoms with van der Waals surface area (Å²) < 4.78 is 9.79. The molecule has 0 fully saturated rings. The van der Waals surface area contributed by atoms with E-state index in [0.717, 1.165) is 105 Å². The fraction of sp³-hybridized carbons (Fsp3) is 0. The van der Waals surface area contributed by atoms with E-state index in [9.17, 15) is 0 Å². The van der Waals surface area contributed by atoms with E-state index in [0.29, 0.717) is 17.5 Å². The van der Waals surface area contributed by atoms with Gasteiger partial charge in [0.1, 0.15) is 0 Å². The average molecular weight is 970 g/mol. The van der Waals surface area contributed by atoms with Crippen LogP contribution in [0.1, 0.15) is 0 Å². The Kier molecular flexibility index (Phi) is 9.20. The van der Waals surface area contributed by atoms with Crippen molar-refractivity contribution in [3.8, 4) is 56.9 Å². The van der Waals surface area contributed by atoms with E-state index < -0.39 is 0 Å². The van der Waals surface area contributed by atoms with Gasteiger partial charge in [0.15, 0.2) is 17.5 Å². The molecule has 0 saturated carbocycles. The van der Waals surface area contributed by atoms with Crippen LogP contribution >= 0.6 is 0 Å². The van der Waals surface area contributed by atoms with Gasteiger partial charge in [0.05, 0.1) is 55.4 Å². The van der Waals surface area contributed by atoms with Gasteiger partial charge in [-0.1, -0.05) is 182 Å². The highest BCUT2D eigenvalue weighted by molar-refractivity contribution is 6.30. The monoisotopic (exact) mass is 969 g/mol. The minimum Gasteiger partial charge on any atom is -0.309 e. The van der Waals surface area contributed by atoms with Crippen molar-refractivity contribution >= 4 is 87.2 Å². The van der Waals surface area contributed by atoms with Crippen LogP contribution in [0.5, 0.6) is 0 Å². The lowest BCUT2D eigenvalue weighted by molar-refractivity contribution is 1.07. The quantitative estimate of drug-likeness (QED) is 0.160. The van der Waals surface area contributed by atoms with Crippen molar-refractivity contribution in [3.63, 3.8) is 0 Å². The van der Waals surface area contributed by atoms with Crippen molar-refractivity contribution in [1.82, 2.24) is 33.2 Å². The first-order valence-electron chi connectivity index (χ1n) is 25.8. The van der Waals surface area contributed by atoms with Crippen molar-refractivity contribution < 1.29 is 0 Å². The van der Waals surface area contributed by atoms with Gasteiger partial charge >= 0.3 is 0 Å². The first-order chi connectivity index (χ1) is 37.8. The smallest absolute Gasteiger partial charge is 0.166 e. The molecule has 0 amide bonds. The molecule has 0 unspecified atom stereocenters. The molecule has 7 heteroatoms. The van der Waals surface area contributed by atoms with Crippen LogP contribution in [0.2, 0.25) is 0 Å². The van der Waals surface area contributed by atoms with Crippen LogP contribution in [-0.4, -0.2) is 33.2 Å². The van der Waals surface area contributed by atoms with Crippen LogP contribution in [0.25, 0.3) is 144 Å². The molecule has 354 valence electrons. The third kappa shape index (κ3) is 6.14. The molecule has 0 saturated heterocycles. The molecule has 7 nitrogen and oxygen atoms in total. The van der Waals surface area contributed by atoms with E-state index in [-0.39, 0.29) is 0 Å². The maximum atomic E-state index is 5.63. The molecule has 0 radical (unpaired) electrons. The maximum Gasteiger partial charge on any atom is 0.166 e. The Morgan fingerprint density at radius 1 is 0.224 bits per heavy atom. The number of benzene rings is 11. The number of rotatable bonds is 7. The third-order valence-electron chi connectivity index (χ3n) is 15.4. The zero-order chi connectivity index (χ0) is 49.8. The zero-order valence-electron chi connectivity index (χ0n) is 41.0. The van der Waals surface area contributed by atoms with E-state index in [1.807, 2.05) is 36.4 Å². The van der Waals surface area contributed by atoms with E-state index in [1.165, 1.54) is 21.5 Å². The van der Waals surface area contributed by atoms with Crippen LogP contribution in [-0.2, 0) is 0 Å². The predicted molar refractivity (Wildman–Crippen MR) is 313 cm³/mol. The first-order valence-corrected chi connectivity index (χ1v) is 25.8. The Labute approximate surface area is 436 Å². The van der Waals surface area contributed by atoms with Crippen molar-refractivity contribution in [2.75, 3.05) is 0 Å². The van der Waals surface area contributed by atoms with Gasteiger partial charge in [-0.15, -0.1) is 0 Å². The fourth-order valence-corrected chi connectivity index (χ4v) is 12.3. The highest BCUT2D eigenvalue weighted by Crippen LogP contribution is 2.49. The van der Waals surface area contributed by atoms with Gasteiger partial charge in [-0.2, -0.15) is 0 Å². The normalized spacial score (nSPS) is 11.9. The molecule has 16 aromatic rings. The van der Waals surface area contributed by atoms with Crippen LogP contribution in [0.15, 0.2) is 261 Å². The van der Waals surface area contributed by atoms with Crippen molar-refractivity contribution in [2.45, 2.75) is 0 Å². The standard InChI is InChI=1S/C69H43N7/c1-6-22-44(23-7-1)67-70-68(45-24-8-2-9-25-45)72-69(71-67)64-60(76-54-35-19-16-32-49(54)50-38-40-58-62(65(50)76)51-33-17-20-36-55(51)73(58)46-26-10-3-11-27-46)43-42-57-61(64)53-39-41-59-63(66(53)75(57)48-30-14-5-15-31-48)52-34-18-21-37-56(52)74(59)47-28-12-4-13-29-47/h1-43H. The molecule has 11 aromatic carbocycles. The Bertz CT molecular complexity index is 4900. The molecule has 0 bridgehead atoms. The molecule has 0 aliphatic heterocycles. The maximum absolute atomic E-state index is 5.63. The van der Waals surface area contributed by atoms with Crippen molar-refractivity contribution in [1.29, 1.82) is 0 Å². The number of fused-ring (bicyclic) bond motifs is 14. The summed E-state index contributed by atoms with van der Waals surface area (Å²) in [4.78, 5) is 16.5. The van der Waals surface area contributed by atoms with E-state index >= 15 is 0 Å². The highest BCUT2D eigenvalue weighted by Gasteiger charge is 2.29. The number of hydrogen-bond donors (Lipinski definition) is 0. The second-order valence-corrected chi connectivity index (χ2v) is 19.5. The van der Waals surface area contributed by atoms with E-state index in [2.05, 4.69) is 243 Å². The van der Waals surface area contributed by atoms with Gasteiger partial charge in [0, 0.05) is 71.3 Å². The Balaban J connectivity index is 1.14. The molecule has 5 aromatic heterocycles. The lowest BCUT2D eigenvalue weighted by Gasteiger charge is -2.17. The van der Waals surface area contributed by atoms with Crippen molar-refractivity contribution in [2.24, 2.45) is 0 Å². The largest absolute Gasteiger partial charge is 0.309 e. The lowest BCUT2D eigenvalue weighted by atomic mass is 10.0. The number of hydrogen-bond acceptors (Lipinski definition) is 3. The molecule has 5 heterocycles. The Morgan fingerprint density at radius 2 is 0.592 bits per heavy atom. The number of aromatic nitrogens is 7. The van der Waals surface area contributed by atoms with Gasteiger partial charge in [0.25, 0.3) is 0 Å². The van der Waals surface area contributed by atoms with Gasteiger partial charge in [-0.3, -0.25) is 0 Å². The summed E-state index contributed by atoms with van der Waals surface area (Å²) in [5, 5.41) is 9.15. The molecule has 0 aliphatic carbocycles. The van der Waals surface area contributed by atoms with Gasteiger partial charge in [-0.05, 0) is 78.9 Å². The predicted octanol–water partition coefficient (Wildman–Crippen LogP) is 17.3. The molecule has 0 N–H and O–H groups in total. The fourth-order valence-electron chi connectivity index (χ4n) is 12.3. The number of para-hydroxylation sites is 6. The molecular weight excluding hydrogens is 927 g/mol. The van der Waals surface area contributed by atoms with E-state index in [4.69, 9.17) is 15.0 Å². The lowest BCUT2D eigenvalue weighted by Crippen LogP contribution is -2.04. The van der Waals surface area contributed by atoms with Gasteiger partial charge < -0.3 is 18.3 Å². The SMILES string of the molecule is c1ccc(-c2nc(-c3ccccc3)nc(-c3c(-n4c5ccccc5c5ccc6c(c7ccccc7n6-c6ccccc6)c54)ccc4c3c3ccc5c(c6ccccc6n5-c5ccccc5)c3n4-c3ccccc3)n2)cc1. The van der Waals surface area contributed by atoms with Crippen LogP contribution in [0.3, 0.4) is 0 Å². The summed E-state index contributed by atoms with van der Waals surface area (Å²) in [5.41, 5.74) is 15.9. The van der Waals surface area contributed by atoms with Gasteiger partial charge in [-0.25, -0.2) is 15.0 Å². The molecule has 16 rings (SSSR count). The highest BCUT2D eigenvalue weighted by atomic mass is 15.1. The molecule has 0 spiro atoms. The summed E-state index contributed by atoms with van der Waals surface area (Å²) in [5.74, 6) is 1.78. The Morgan fingerprint density at radius 3 is 1.11 bits per heavy atom. The van der Waals surface area contributed by atoms with Crippen molar-refractivity contribution in [3.05, 3.63) is 261 Å². The molecule has 0 aliphatic rings. The average Bonchev–Trinajstić information content (AvgIpc) is 4.42. The second-order valence-electron chi connectivity index (χ2n) is 19.5. The molecule has 76 heavy (non-hydrogen) atoms. The van der Waals surface area contributed by atoms with Crippen LogP contribution in [0, 0.1) is 0 Å². The zero-order valence-corrected chi connectivity index (χ0v) is 41.0. The summed E-state index contributed by atoms with van der Waals surface area (Å²) >= 11 is 0. The Hall–Kier alpha value is -10.4. The topological polar surface area (TPSA) is 58.4 Å².